The van der Waals surface area contributed by atoms with Crippen molar-refractivity contribution in [1.29, 1.82) is 0 Å². The molecule has 0 aliphatic carbocycles. The minimum absolute atomic E-state index is 0.0245. The second-order valence-corrected chi connectivity index (χ2v) is 7.39. The Labute approximate surface area is 156 Å². The van der Waals surface area contributed by atoms with E-state index in [1.165, 1.54) is 0 Å². The molecule has 1 aliphatic rings. The van der Waals surface area contributed by atoms with Crippen LogP contribution in [0, 0.1) is 6.92 Å². The van der Waals surface area contributed by atoms with E-state index >= 15 is 0 Å². The first-order valence-electron chi connectivity index (χ1n) is 8.58. The number of morpholine rings is 1. The highest BCUT2D eigenvalue weighted by molar-refractivity contribution is 7.10. The lowest BCUT2D eigenvalue weighted by molar-refractivity contribution is -0.00525. The monoisotopic (exact) mass is 368 g/mol. The van der Waals surface area contributed by atoms with E-state index in [4.69, 9.17) is 4.74 Å². The fraction of sp³-hybridized carbons (Fsp3) is 0.316. The summed E-state index contributed by atoms with van der Waals surface area (Å²) in [5, 5.41) is 6.55. The van der Waals surface area contributed by atoms with Crippen molar-refractivity contribution in [3.05, 3.63) is 69.9 Å². The number of amides is 1. The van der Waals surface area contributed by atoms with Crippen molar-refractivity contribution in [3.63, 3.8) is 0 Å². The number of carbonyl (C=O) groups excluding carboxylic acids is 1. The average Bonchev–Trinajstić information content (AvgIpc) is 3.31. The van der Waals surface area contributed by atoms with Crippen LogP contribution in [0.2, 0.25) is 0 Å². The summed E-state index contributed by atoms with van der Waals surface area (Å²) in [7, 11) is 0. The number of benzene rings is 1. The first-order chi connectivity index (χ1) is 12.7. The van der Waals surface area contributed by atoms with Crippen LogP contribution in [-0.4, -0.2) is 45.3 Å². The van der Waals surface area contributed by atoms with Crippen molar-refractivity contribution in [1.82, 2.24) is 19.7 Å². The van der Waals surface area contributed by atoms with Gasteiger partial charge in [-0.25, -0.2) is 9.67 Å². The molecule has 1 atom stereocenters. The van der Waals surface area contributed by atoms with Gasteiger partial charge in [0.2, 0.25) is 0 Å². The van der Waals surface area contributed by atoms with E-state index in [1.807, 2.05) is 41.5 Å². The normalized spacial score (nSPS) is 17.4. The number of hydrogen-bond acceptors (Lipinski definition) is 5. The number of aryl methyl sites for hydroxylation is 1. The van der Waals surface area contributed by atoms with Gasteiger partial charge in [0.25, 0.3) is 5.91 Å². The molecule has 1 aliphatic heterocycles. The molecule has 1 saturated heterocycles. The lowest BCUT2D eigenvalue weighted by Crippen LogP contribution is -2.44. The van der Waals surface area contributed by atoms with E-state index in [1.54, 1.807) is 22.3 Å². The Hall–Kier alpha value is -2.51. The van der Waals surface area contributed by atoms with Crippen molar-refractivity contribution < 1.29 is 9.53 Å². The number of aromatic nitrogens is 3. The van der Waals surface area contributed by atoms with Crippen LogP contribution < -0.4 is 0 Å². The SMILES string of the molecule is Cc1sccc1C(=O)N1CCOC[C@@H]1c1ncn(Cc2ccccc2)n1. The molecule has 3 aromatic rings. The zero-order chi connectivity index (χ0) is 17.9. The summed E-state index contributed by atoms with van der Waals surface area (Å²) in [6, 6.07) is 11.7. The van der Waals surface area contributed by atoms with Gasteiger partial charge in [-0.3, -0.25) is 4.79 Å². The molecule has 1 fully saturated rings. The van der Waals surface area contributed by atoms with E-state index in [2.05, 4.69) is 22.2 Å². The van der Waals surface area contributed by atoms with Gasteiger partial charge in [0.05, 0.1) is 25.3 Å². The molecule has 0 N–H and O–H groups in total. The first-order valence-corrected chi connectivity index (χ1v) is 9.46. The lowest BCUT2D eigenvalue weighted by Gasteiger charge is -2.34. The van der Waals surface area contributed by atoms with Crippen molar-refractivity contribution in [2.75, 3.05) is 19.8 Å². The second-order valence-electron chi connectivity index (χ2n) is 6.27. The van der Waals surface area contributed by atoms with Gasteiger partial charge in [-0.15, -0.1) is 11.3 Å². The highest BCUT2D eigenvalue weighted by atomic mass is 32.1. The van der Waals surface area contributed by atoms with Crippen molar-refractivity contribution in [2.24, 2.45) is 0 Å². The molecule has 6 nitrogen and oxygen atoms in total. The molecule has 26 heavy (non-hydrogen) atoms. The minimum atomic E-state index is -0.257. The predicted octanol–water partition coefficient (Wildman–Crippen LogP) is 2.91. The highest BCUT2D eigenvalue weighted by Crippen LogP contribution is 2.26. The van der Waals surface area contributed by atoms with Crippen molar-refractivity contribution in [3.8, 4) is 0 Å². The Balaban J connectivity index is 1.55. The third-order valence-corrected chi connectivity index (χ3v) is 5.36. The van der Waals surface area contributed by atoms with Crippen LogP contribution in [0.4, 0.5) is 0 Å². The summed E-state index contributed by atoms with van der Waals surface area (Å²) >= 11 is 1.59. The molecule has 7 heteroatoms. The summed E-state index contributed by atoms with van der Waals surface area (Å²) in [5.41, 5.74) is 1.91. The third-order valence-electron chi connectivity index (χ3n) is 4.52. The van der Waals surface area contributed by atoms with Crippen LogP contribution in [0.15, 0.2) is 48.1 Å². The fourth-order valence-corrected chi connectivity index (χ4v) is 3.82. The number of carbonyl (C=O) groups is 1. The summed E-state index contributed by atoms with van der Waals surface area (Å²) in [6.07, 6.45) is 1.72. The molecule has 0 bridgehead atoms. The Bertz CT molecular complexity index is 890. The molecule has 1 amide bonds. The Kier molecular flexibility index (Phi) is 4.81. The molecular weight excluding hydrogens is 348 g/mol. The van der Waals surface area contributed by atoms with Crippen LogP contribution in [0.3, 0.4) is 0 Å². The van der Waals surface area contributed by atoms with E-state index < -0.39 is 0 Å². The largest absolute Gasteiger partial charge is 0.377 e. The fourth-order valence-electron chi connectivity index (χ4n) is 3.13. The Morgan fingerprint density at radius 2 is 2.15 bits per heavy atom. The zero-order valence-corrected chi connectivity index (χ0v) is 15.4. The molecule has 2 aromatic heterocycles. The maximum absolute atomic E-state index is 13.0. The maximum atomic E-state index is 13.0. The topological polar surface area (TPSA) is 60.3 Å². The summed E-state index contributed by atoms with van der Waals surface area (Å²) in [6.45, 7) is 4.13. The lowest BCUT2D eigenvalue weighted by atomic mass is 10.1. The molecule has 1 aromatic carbocycles. The number of thiophene rings is 1. The number of ether oxygens (including phenoxy) is 1. The van der Waals surface area contributed by atoms with E-state index in [9.17, 15) is 4.79 Å². The van der Waals surface area contributed by atoms with Gasteiger partial charge in [0.1, 0.15) is 12.4 Å². The Morgan fingerprint density at radius 3 is 2.92 bits per heavy atom. The predicted molar refractivity (Wildman–Crippen MR) is 99.2 cm³/mol. The molecule has 0 unspecified atom stereocenters. The maximum Gasteiger partial charge on any atom is 0.255 e. The standard InChI is InChI=1S/C19H20N4O2S/c1-14-16(7-10-26-14)19(24)23-8-9-25-12-17(23)18-20-13-22(21-18)11-15-5-3-2-4-6-15/h2-7,10,13,17H,8-9,11-12H2,1H3/t17-/m1/s1. The van der Waals surface area contributed by atoms with Crippen LogP contribution in [0.1, 0.15) is 32.7 Å². The van der Waals surface area contributed by atoms with Gasteiger partial charge in [0, 0.05) is 11.4 Å². The highest BCUT2D eigenvalue weighted by Gasteiger charge is 2.32. The van der Waals surface area contributed by atoms with Crippen molar-refractivity contribution >= 4 is 17.2 Å². The number of rotatable bonds is 4. The molecule has 0 saturated carbocycles. The van der Waals surface area contributed by atoms with Crippen LogP contribution in [-0.2, 0) is 11.3 Å². The number of hydrogen-bond donors (Lipinski definition) is 0. The van der Waals surface area contributed by atoms with Crippen LogP contribution >= 0.6 is 11.3 Å². The van der Waals surface area contributed by atoms with Gasteiger partial charge in [-0.05, 0) is 23.9 Å². The summed E-state index contributed by atoms with van der Waals surface area (Å²) in [4.78, 5) is 20.3. The molecule has 0 spiro atoms. The van der Waals surface area contributed by atoms with E-state index in [0.29, 0.717) is 32.1 Å². The summed E-state index contributed by atoms with van der Waals surface area (Å²) in [5.74, 6) is 0.651. The van der Waals surface area contributed by atoms with Gasteiger partial charge < -0.3 is 9.64 Å². The summed E-state index contributed by atoms with van der Waals surface area (Å²) < 4.78 is 7.41. The zero-order valence-electron chi connectivity index (χ0n) is 14.5. The van der Waals surface area contributed by atoms with E-state index in [-0.39, 0.29) is 11.9 Å². The molecule has 0 radical (unpaired) electrons. The molecule has 134 valence electrons. The minimum Gasteiger partial charge on any atom is -0.377 e. The smallest absolute Gasteiger partial charge is 0.255 e. The second kappa shape index (κ2) is 7.39. The van der Waals surface area contributed by atoms with Crippen molar-refractivity contribution in [2.45, 2.75) is 19.5 Å². The quantitative estimate of drug-likeness (QED) is 0.710. The molecule has 4 rings (SSSR count). The van der Waals surface area contributed by atoms with Crippen LogP contribution in [0.25, 0.3) is 0 Å². The number of nitrogens with zero attached hydrogens (tertiary/aromatic N) is 4. The van der Waals surface area contributed by atoms with E-state index in [0.717, 1.165) is 16.0 Å². The van der Waals surface area contributed by atoms with Gasteiger partial charge in [-0.1, -0.05) is 30.3 Å². The molecular formula is C19H20N4O2S. The van der Waals surface area contributed by atoms with Gasteiger partial charge >= 0.3 is 0 Å². The molecule has 3 heterocycles. The Morgan fingerprint density at radius 1 is 1.31 bits per heavy atom. The van der Waals surface area contributed by atoms with Gasteiger partial charge in [-0.2, -0.15) is 5.10 Å². The van der Waals surface area contributed by atoms with Crippen LogP contribution in [0.5, 0.6) is 0 Å². The average molecular weight is 368 g/mol. The first kappa shape index (κ1) is 16.9. The third kappa shape index (κ3) is 3.40. The van der Waals surface area contributed by atoms with Gasteiger partial charge in [0.15, 0.2) is 5.82 Å².